The van der Waals surface area contributed by atoms with E-state index < -0.39 is 0 Å². The standard InChI is InChI=1S/C17H27N3O3/c1-14-4-3-5-15(2)17(14)23-12-16(22)18-13-20-8-6-19(7-9-20)10-11-21/h3-5,21H,6-13H2,1-2H3,(H,18,22). The van der Waals surface area contributed by atoms with Crippen LogP contribution in [0.25, 0.3) is 0 Å². The van der Waals surface area contributed by atoms with Crippen molar-refractivity contribution in [2.45, 2.75) is 13.8 Å². The van der Waals surface area contributed by atoms with E-state index in [2.05, 4.69) is 15.1 Å². The third kappa shape index (κ3) is 5.49. The van der Waals surface area contributed by atoms with E-state index in [9.17, 15) is 4.79 Å². The summed E-state index contributed by atoms with van der Waals surface area (Å²) in [5.74, 6) is 0.686. The lowest BCUT2D eigenvalue weighted by Crippen LogP contribution is -2.50. The molecule has 1 amide bonds. The summed E-state index contributed by atoms with van der Waals surface area (Å²) in [7, 11) is 0. The normalized spacial score (nSPS) is 16.3. The lowest BCUT2D eigenvalue weighted by Gasteiger charge is -2.34. The molecule has 128 valence electrons. The van der Waals surface area contributed by atoms with Gasteiger partial charge >= 0.3 is 0 Å². The molecule has 6 nitrogen and oxygen atoms in total. The van der Waals surface area contributed by atoms with Crippen molar-refractivity contribution in [3.8, 4) is 5.75 Å². The molecule has 1 aliphatic rings. The molecule has 0 radical (unpaired) electrons. The molecule has 1 saturated heterocycles. The number of nitrogens with zero attached hydrogens (tertiary/aromatic N) is 2. The summed E-state index contributed by atoms with van der Waals surface area (Å²) >= 11 is 0. The Balaban J connectivity index is 1.68. The van der Waals surface area contributed by atoms with Gasteiger partial charge < -0.3 is 15.2 Å². The minimum atomic E-state index is -0.106. The van der Waals surface area contributed by atoms with Crippen LogP contribution < -0.4 is 10.1 Å². The van der Waals surface area contributed by atoms with Crippen molar-refractivity contribution in [1.82, 2.24) is 15.1 Å². The number of rotatable bonds is 7. The number of hydrogen-bond donors (Lipinski definition) is 2. The molecule has 1 aliphatic heterocycles. The van der Waals surface area contributed by atoms with Crippen LogP contribution in [0, 0.1) is 13.8 Å². The smallest absolute Gasteiger partial charge is 0.258 e. The van der Waals surface area contributed by atoms with E-state index in [1.807, 2.05) is 32.0 Å². The minimum Gasteiger partial charge on any atom is -0.483 e. The molecule has 0 atom stereocenters. The van der Waals surface area contributed by atoms with E-state index in [1.165, 1.54) is 0 Å². The van der Waals surface area contributed by atoms with Gasteiger partial charge in [0.05, 0.1) is 13.3 Å². The molecule has 0 unspecified atom stereocenters. The molecule has 1 heterocycles. The fraction of sp³-hybridized carbons (Fsp3) is 0.588. The van der Waals surface area contributed by atoms with Gasteiger partial charge in [-0.25, -0.2) is 0 Å². The monoisotopic (exact) mass is 321 g/mol. The highest BCUT2D eigenvalue weighted by Crippen LogP contribution is 2.21. The highest BCUT2D eigenvalue weighted by atomic mass is 16.5. The van der Waals surface area contributed by atoms with Crippen LogP contribution in [0.2, 0.25) is 0 Å². The Bertz CT molecular complexity index is 494. The van der Waals surface area contributed by atoms with Crippen LogP contribution in [-0.4, -0.2) is 73.4 Å². The largest absolute Gasteiger partial charge is 0.483 e. The summed E-state index contributed by atoms with van der Waals surface area (Å²) in [5, 5.41) is 11.8. The molecule has 0 aliphatic carbocycles. The number of aliphatic hydroxyl groups excluding tert-OH is 1. The van der Waals surface area contributed by atoms with E-state index >= 15 is 0 Å². The topological polar surface area (TPSA) is 65.0 Å². The van der Waals surface area contributed by atoms with Crippen LogP contribution in [0.15, 0.2) is 18.2 Å². The van der Waals surface area contributed by atoms with Gasteiger partial charge in [-0.05, 0) is 25.0 Å². The number of hydrogen-bond acceptors (Lipinski definition) is 5. The number of benzene rings is 1. The number of aliphatic hydroxyl groups is 1. The van der Waals surface area contributed by atoms with Crippen LogP contribution >= 0.6 is 0 Å². The zero-order valence-electron chi connectivity index (χ0n) is 14.0. The molecule has 1 aromatic carbocycles. The minimum absolute atomic E-state index is 0.0379. The van der Waals surface area contributed by atoms with Gasteiger partial charge in [-0.3, -0.25) is 14.6 Å². The quantitative estimate of drug-likeness (QED) is 0.759. The summed E-state index contributed by atoms with van der Waals surface area (Å²) < 4.78 is 5.65. The zero-order valence-corrected chi connectivity index (χ0v) is 14.0. The predicted octanol–water partition coefficient (Wildman–Crippen LogP) is 0.366. The van der Waals surface area contributed by atoms with Crippen molar-refractivity contribution in [3.63, 3.8) is 0 Å². The van der Waals surface area contributed by atoms with Crippen molar-refractivity contribution < 1.29 is 14.6 Å². The Morgan fingerprint density at radius 1 is 1.17 bits per heavy atom. The summed E-state index contributed by atoms with van der Waals surface area (Å²) in [6.45, 7) is 9.12. The van der Waals surface area contributed by atoms with Gasteiger partial charge in [0, 0.05) is 32.7 Å². The molecular formula is C17H27N3O3. The summed E-state index contributed by atoms with van der Waals surface area (Å²) in [4.78, 5) is 16.4. The molecule has 2 N–H and O–H groups in total. The highest BCUT2D eigenvalue weighted by molar-refractivity contribution is 5.77. The molecule has 1 aromatic rings. The molecule has 6 heteroatoms. The molecule has 0 saturated carbocycles. The van der Waals surface area contributed by atoms with Crippen LogP contribution in [0.1, 0.15) is 11.1 Å². The first-order chi connectivity index (χ1) is 11.1. The van der Waals surface area contributed by atoms with E-state index in [0.717, 1.165) is 49.6 Å². The Morgan fingerprint density at radius 3 is 2.39 bits per heavy atom. The lowest BCUT2D eigenvalue weighted by molar-refractivity contribution is -0.123. The van der Waals surface area contributed by atoms with E-state index in [1.54, 1.807) is 0 Å². The van der Waals surface area contributed by atoms with E-state index in [4.69, 9.17) is 9.84 Å². The second-order valence-electron chi connectivity index (χ2n) is 5.95. The van der Waals surface area contributed by atoms with Crippen molar-refractivity contribution in [1.29, 1.82) is 0 Å². The number of piperazine rings is 1. The van der Waals surface area contributed by atoms with Crippen LogP contribution in [0.5, 0.6) is 5.75 Å². The van der Waals surface area contributed by atoms with E-state index in [0.29, 0.717) is 6.67 Å². The van der Waals surface area contributed by atoms with E-state index in [-0.39, 0.29) is 19.1 Å². The fourth-order valence-corrected chi connectivity index (χ4v) is 2.73. The average molecular weight is 321 g/mol. The average Bonchev–Trinajstić information content (AvgIpc) is 2.54. The second-order valence-corrected chi connectivity index (χ2v) is 5.95. The van der Waals surface area contributed by atoms with Gasteiger partial charge in [0.25, 0.3) is 5.91 Å². The van der Waals surface area contributed by atoms with Crippen molar-refractivity contribution in [3.05, 3.63) is 29.3 Å². The van der Waals surface area contributed by atoms with Crippen LogP contribution in [0.3, 0.4) is 0 Å². The number of β-amino-alcohol motifs (C(OH)–C–C–N with tert-alkyl or cyclic N) is 1. The zero-order chi connectivity index (χ0) is 16.7. The van der Waals surface area contributed by atoms with Crippen LogP contribution in [-0.2, 0) is 4.79 Å². The number of para-hydroxylation sites is 1. The third-order valence-electron chi connectivity index (χ3n) is 4.14. The maximum Gasteiger partial charge on any atom is 0.258 e. The number of ether oxygens (including phenoxy) is 1. The summed E-state index contributed by atoms with van der Waals surface area (Å²) in [5.41, 5.74) is 2.08. The molecule has 0 bridgehead atoms. The van der Waals surface area contributed by atoms with Gasteiger partial charge in [0.2, 0.25) is 0 Å². The number of carbonyl (C=O) groups excluding carboxylic acids is 1. The number of aryl methyl sites for hydroxylation is 2. The van der Waals surface area contributed by atoms with Crippen molar-refractivity contribution in [2.24, 2.45) is 0 Å². The molecular weight excluding hydrogens is 294 g/mol. The van der Waals surface area contributed by atoms with Crippen molar-refractivity contribution in [2.75, 3.05) is 52.6 Å². The number of amides is 1. The molecule has 23 heavy (non-hydrogen) atoms. The Hall–Kier alpha value is -1.63. The lowest BCUT2D eigenvalue weighted by atomic mass is 10.1. The van der Waals surface area contributed by atoms with Crippen LogP contribution in [0.4, 0.5) is 0 Å². The Morgan fingerprint density at radius 2 is 1.78 bits per heavy atom. The first-order valence-electron chi connectivity index (χ1n) is 8.11. The number of nitrogens with one attached hydrogen (secondary N) is 1. The molecule has 1 fully saturated rings. The Labute approximate surface area is 138 Å². The maximum atomic E-state index is 11.9. The second kappa shape index (κ2) is 8.86. The van der Waals surface area contributed by atoms with Gasteiger partial charge in [-0.15, -0.1) is 0 Å². The predicted molar refractivity (Wildman–Crippen MR) is 89.5 cm³/mol. The maximum absolute atomic E-state index is 11.9. The Kier molecular flexibility index (Phi) is 6.83. The highest BCUT2D eigenvalue weighted by Gasteiger charge is 2.16. The molecule has 2 rings (SSSR count). The third-order valence-corrected chi connectivity index (χ3v) is 4.14. The van der Waals surface area contributed by atoms with Crippen molar-refractivity contribution >= 4 is 5.91 Å². The molecule has 0 aromatic heterocycles. The first kappa shape index (κ1) is 17.7. The van der Waals surface area contributed by atoms with Gasteiger partial charge in [-0.2, -0.15) is 0 Å². The van der Waals surface area contributed by atoms with Gasteiger partial charge in [0.1, 0.15) is 5.75 Å². The fourth-order valence-electron chi connectivity index (χ4n) is 2.73. The van der Waals surface area contributed by atoms with Gasteiger partial charge in [0.15, 0.2) is 6.61 Å². The summed E-state index contributed by atoms with van der Waals surface area (Å²) in [6, 6.07) is 5.94. The molecule has 0 spiro atoms. The summed E-state index contributed by atoms with van der Waals surface area (Å²) in [6.07, 6.45) is 0. The SMILES string of the molecule is Cc1cccc(C)c1OCC(=O)NCN1CCN(CCO)CC1. The first-order valence-corrected chi connectivity index (χ1v) is 8.11. The number of carbonyl (C=O) groups is 1. The van der Waals surface area contributed by atoms with Gasteiger partial charge in [-0.1, -0.05) is 18.2 Å².